The second kappa shape index (κ2) is 8.58. The van der Waals surface area contributed by atoms with E-state index in [1.807, 2.05) is 0 Å². The summed E-state index contributed by atoms with van der Waals surface area (Å²) < 4.78 is 17.6. The van der Waals surface area contributed by atoms with Crippen LogP contribution in [0.15, 0.2) is 0 Å². The number of rotatable bonds is 0. The van der Waals surface area contributed by atoms with Crippen LogP contribution >= 0.6 is 16.1 Å². The Labute approximate surface area is 89.8 Å². The van der Waals surface area contributed by atoms with Crippen LogP contribution in [-0.4, -0.2) is 24.5 Å². The molecule has 0 aromatic rings. The molecule has 0 aliphatic rings. The van der Waals surface area contributed by atoms with E-state index in [1.54, 1.807) is 0 Å². The van der Waals surface area contributed by atoms with Crippen LogP contribution in [0.25, 0.3) is 0 Å². The van der Waals surface area contributed by atoms with Gasteiger partial charge in [-0.15, -0.1) is 9.79 Å². The molecule has 0 heterocycles. The Morgan fingerprint density at radius 1 is 1.10 bits per heavy atom. The molecule has 7 nitrogen and oxygen atoms in total. The van der Waals surface area contributed by atoms with Crippen molar-refractivity contribution in [3.63, 3.8) is 0 Å². The maximum Gasteiger partial charge on any atom is 0.692 e. The van der Waals surface area contributed by atoms with Gasteiger partial charge in [0, 0.05) is 45.4 Å². The van der Waals surface area contributed by atoms with Crippen LogP contribution in [-0.2, 0) is 9.13 Å². The van der Waals surface area contributed by atoms with E-state index in [1.165, 1.54) is 0 Å². The average molecular weight is 323 g/mol. The molecule has 0 aliphatic carbocycles. The van der Waals surface area contributed by atoms with Crippen molar-refractivity contribution in [1.29, 1.82) is 0 Å². The van der Waals surface area contributed by atoms with Gasteiger partial charge < -0.3 is 14.7 Å². The largest absolute Gasteiger partial charge is 0.692 e. The van der Waals surface area contributed by atoms with E-state index in [9.17, 15) is 0 Å². The standard InChI is InChI=1S/Nd.H3O4P.HO3P/c;1-5(2,3)4;1-4(2)3/h;(H3,1,2,3,4);(H-,1,2,3)/p+1. The van der Waals surface area contributed by atoms with Gasteiger partial charge in [0.2, 0.25) is 0 Å². The van der Waals surface area contributed by atoms with Gasteiger partial charge in [-0.25, -0.2) is 4.57 Å². The van der Waals surface area contributed by atoms with E-state index in [2.05, 4.69) is 0 Å². The molecule has 0 unspecified atom stereocenters. The minimum absolute atomic E-state index is 0. The molecule has 0 aromatic carbocycles. The third kappa shape index (κ3) is 311. The monoisotopic (exact) mass is 321 g/mol. The Morgan fingerprint density at radius 3 is 1.10 bits per heavy atom. The molecular formula is H5NdO7P2+. The maximum atomic E-state index is 8.88. The number of phosphoric acid groups is 1. The molecule has 0 fully saturated rings. The zero-order valence-electron chi connectivity index (χ0n) is 4.45. The zero-order chi connectivity index (χ0) is 8.08. The average Bonchev–Trinajstić information content (AvgIpc) is 1.19. The fourth-order valence-corrected chi connectivity index (χ4v) is 0. The van der Waals surface area contributed by atoms with Crippen molar-refractivity contribution >= 4 is 16.1 Å². The first-order valence-electron chi connectivity index (χ1n) is 1.37. The molecule has 0 spiro atoms. The summed E-state index contributed by atoms with van der Waals surface area (Å²) in [5.74, 6) is 0. The van der Waals surface area contributed by atoms with Gasteiger partial charge in [0.25, 0.3) is 0 Å². The van der Waals surface area contributed by atoms with Crippen molar-refractivity contribution in [1.82, 2.24) is 0 Å². The van der Waals surface area contributed by atoms with Crippen LogP contribution in [0.4, 0.5) is 0 Å². The van der Waals surface area contributed by atoms with Crippen LogP contribution in [0.2, 0.25) is 0 Å². The molecule has 10 heavy (non-hydrogen) atoms. The van der Waals surface area contributed by atoms with Crippen molar-refractivity contribution in [3.8, 4) is 0 Å². The molecule has 0 bridgehead atoms. The van der Waals surface area contributed by atoms with Crippen LogP contribution in [0.5, 0.6) is 0 Å². The number of hydrogen-bond acceptors (Lipinski definition) is 2. The van der Waals surface area contributed by atoms with Crippen molar-refractivity contribution in [3.05, 3.63) is 0 Å². The maximum absolute atomic E-state index is 8.88. The van der Waals surface area contributed by atoms with Gasteiger partial charge in [-0.3, -0.25) is 0 Å². The Morgan fingerprint density at radius 2 is 1.10 bits per heavy atom. The molecule has 0 aromatic heterocycles. The van der Waals surface area contributed by atoms with Crippen LogP contribution in [0.1, 0.15) is 0 Å². The first-order valence-corrected chi connectivity index (χ1v) is 4.10. The Hall–Kier alpha value is 1.48. The minimum atomic E-state index is -4.64. The second-order valence-corrected chi connectivity index (χ2v) is 2.30. The number of hydrogen-bond donors (Lipinski definition) is 5. The third-order valence-electron chi connectivity index (χ3n) is 0. The Bertz CT molecular complexity index is 111. The fraction of sp³-hybridized carbons (Fsp3) is 0. The van der Waals surface area contributed by atoms with Gasteiger partial charge in [-0.1, -0.05) is 0 Å². The second-order valence-electron chi connectivity index (χ2n) is 0.766. The molecule has 0 saturated heterocycles. The quantitative estimate of drug-likeness (QED) is 0.350. The first kappa shape index (κ1) is 17.5. The molecule has 0 rings (SSSR count). The summed E-state index contributed by atoms with van der Waals surface area (Å²) in [5.41, 5.74) is 0. The van der Waals surface area contributed by atoms with E-state index >= 15 is 0 Å². The first-order chi connectivity index (χ1) is 3.73. The zero-order valence-corrected chi connectivity index (χ0v) is 9.44. The summed E-state index contributed by atoms with van der Waals surface area (Å²) in [6, 6.07) is 0. The smallest absolute Gasteiger partial charge is 0.303 e. The van der Waals surface area contributed by atoms with Crippen LogP contribution in [0.3, 0.4) is 0 Å². The Kier molecular flexibility index (Phi) is 15.0. The van der Waals surface area contributed by atoms with Gasteiger partial charge in [-0.05, 0) is 0 Å². The summed E-state index contributed by atoms with van der Waals surface area (Å²) in [7, 11) is -7.51. The van der Waals surface area contributed by atoms with E-state index in [4.69, 9.17) is 33.6 Å². The summed E-state index contributed by atoms with van der Waals surface area (Å²) in [6.45, 7) is 0. The molecule has 0 radical (unpaired) electrons. The fourth-order valence-electron chi connectivity index (χ4n) is 0. The van der Waals surface area contributed by atoms with E-state index < -0.39 is 16.1 Å². The molecule has 10 heteroatoms. The van der Waals surface area contributed by atoms with Crippen molar-refractivity contribution in [2.24, 2.45) is 0 Å². The van der Waals surface area contributed by atoms with Crippen molar-refractivity contribution in [2.75, 3.05) is 0 Å². The summed E-state index contributed by atoms with van der Waals surface area (Å²) in [5, 5.41) is 0. The van der Waals surface area contributed by atoms with Gasteiger partial charge in [0.05, 0.1) is 0 Å². The Balaban J connectivity index is -0.0000000910. The van der Waals surface area contributed by atoms with E-state index in [0.717, 1.165) is 0 Å². The summed E-state index contributed by atoms with van der Waals surface area (Å²) >= 11 is 0. The minimum Gasteiger partial charge on any atom is -0.303 e. The van der Waals surface area contributed by atoms with Gasteiger partial charge in [0.15, 0.2) is 0 Å². The van der Waals surface area contributed by atoms with Gasteiger partial charge in [-0.2, -0.15) is 0 Å². The molecule has 0 aliphatic heterocycles. The molecule has 5 N–H and O–H groups in total. The van der Waals surface area contributed by atoms with Gasteiger partial charge in [0.1, 0.15) is 0 Å². The van der Waals surface area contributed by atoms with E-state index in [-0.39, 0.29) is 40.8 Å². The normalized spacial score (nSPS) is 8.50. The summed E-state index contributed by atoms with van der Waals surface area (Å²) in [4.78, 5) is 35.8. The molecule has 60 valence electrons. The van der Waals surface area contributed by atoms with Crippen molar-refractivity contribution in [2.45, 2.75) is 0 Å². The molecule has 0 saturated carbocycles. The SMILES string of the molecule is O=P(O)(O)O.O=[P+](O)O.[Nd]. The van der Waals surface area contributed by atoms with Crippen LogP contribution in [0, 0.1) is 40.8 Å². The van der Waals surface area contributed by atoms with Crippen LogP contribution < -0.4 is 0 Å². The van der Waals surface area contributed by atoms with E-state index in [0.29, 0.717) is 0 Å². The third-order valence-corrected chi connectivity index (χ3v) is 0. The van der Waals surface area contributed by atoms with Gasteiger partial charge >= 0.3 is 16.1 Å². The van der Waals surface area contributed by atoms with Crippen molar-refractivity contribution < 1.29 is 74.4 Å². The molecule has 0 amide bonds. The summed E-state index contributed by atoms with van der Waals surface area (Å²) in [6.07, 6.45) is 0. The predicted molar refractivity (Wildman–Crippen MR) is 26.3 cm³/mol. The topological polar surface area (TPSA) is 135 Å². The predicted octanol–water partition coefficient (Wildman–Crippen LogP) is -1.30. The molecule has 0 atom stereocenters. The molecular weight excluding hydrogens is 318 g/mol.